The Morgan fingerprint density at radius 2 is 1.65 bits per heavy atom. The molecule has 0 unspecified atom stereocenters. The van der Waals surface area contributed by atoms with Crippen LogP contribution in [0.3, 0.4) is 0 Å². The molecule has 7 heteroatoms. The monoisotopic (exact) mass is 538 g/mol. The standard InChI is InChI=1S/C30H32Cl2N2O3/c1-21-11-14-25(15-12-21)37-20-29(35)34(19-23-13-16-26(31)27(32)17-23)28(18-22-7-3-2-4-8-22)30(36)33-24-9-5-6-10-24/h2-4,7-8,11-17,24,28H,5-6,9-10,18-20H2,1H3,(H,33,36)/t28-/m1/s1. The summed E-state index contributed by atoms with van der Waals surface area (Å²) in [6.45, 7) is 2.00. The molecule has 0 aliphatic heterocycles. The van der Waals surface area contributed by atoms with Crippen LogP contribution in [-0.4, -0.2) is 35.4 Å². The molecule has 1 aliphatic carbocycles. The first-order valence-corrected chi connectivity index (χ1v) is 13.4. The van der Waals surface area contributed by atoms with E-state index >= 15 is 0 Å². The predicted octanol–water partition coefficient (Wildman–Crippen LogP) is 6.38. The third-order valence-electron chi connectivity index (χ3n) is 6.69. The van der Waals surface area contributed by atoms with Crippen molar-refractivity contribution in [1.82, 2.24) is 10.2 Å². The number of halogens is 2. The lowest BCUT2D eigenvalue weighted by Gasteiger charge is -2.32. The van der Waals surface area contributed by atoms with E-state index in [1.807, 2.05) is 67.6 Å². The van der Waals surface area contributed by atoms with Crippen LogP contribution in [0, 0.1) is 6.92 Å². The average Bonchev–Trinajstić information content (AvgIpc) is 3.41. The fourth-order valence-electron chi connectivity index (χ4n) is 4.62. The van der Waals surface area contributed by atoms with Gasteiger partial charge >= 0.3 is 0 Å². The lowest BCUT2D eigenvalue weighted by molar-refractivity contribution is -0.143. The van der Waals surface area contributed by atoms with E-state index in [1.54, 1.807) is 17.0 Å². The maximum absolute atomic E-state index is 13.7. The highest BCUT2D eigenvalue weighted by Gasteiger charge is 2.32. The van der Waals surface area contributed by atoms with Gasteiger partial charge in [-0.1, -0.05) is 90.1 Å². The van der Waals surface area contributed by atoms with Crippen LogP contribution in [0.25, 0.3) is 0 Å². The number of ether oxygens (including phenoxy) is 1. The summed E-state index contributed by atoms with van der Waals surface area (Å²) in [4.78, 5) is 29.0. The third kappa shape index (κ3) is 7.73. The minimum Gasteiger partial charge on any atom is -0.484 e. The van der Waals surface area contributed by atoms with E-state index < -0.39 is 6.04 Å². The quantitative estimate of drug-likeness (QED) is 0.325. The predicted molar refractivity (Wildman–Crippen MR) is 148 cm³/mol. The van der Waals surface area contributed by atoms with Crippen molar-refractivity contribution in [3.63, 3.8) is 0 Å². The lowest BCUT2D eigenvalue weighted by atomic mass is 10.0. The Balaban J connectivity index is 1.62. The Kier molecular flexibility index (Phi) is 9.48. The summed E-state index contributed by atoms with van der Waals surface area (Å²) in [6, 6.07) is 22.0. The Morgan fingerprint density at radius 1 is 0.946 bits per heavy atom. The molecule has 37 heavy (non-hydrogen) atoms. The molecule has 0 aromatic heterocycles. The zero-order chi connectivity index (χ0) is 26.2. The topological polar surface area (TPSA) is 58.6 Å². The number of nitrogens with zero attached hydrogens (tertiary/aromatic N) is 1. The molecule has 5 nitrogen and oxygen atoms in total. The van der Waals surface area contributed by atoms with Crippen LogP contribution < -0.4 is 10.1 Å². The maximum atomic E-state index is 13.7. The summed E-state index contributed by atoms with van der Waals surface area (Å²) in [7, 11) is 0. The molecule has 3 aromatic rings. The molecule has 1 aliphatic rings. The second kappa shape index (κ2) is 13.0. The van der Waals surface area contributed by atoms with E-state index in [0.717, 1.165) is 42.4 Å². The molecule has 3 aromatic carbocycles. The van der Waals surface area contributed by atoms with E-state index in [1.165, 1.54) is 0 Å². The van der Waals surface area contributed by atoms with Crippen LogP contribution in [0.4, 0.5) is 0 Å². The van der Waals surface area contributed by atoms with Crippen molar-refractivity contribution in [2.45, 2.75) is 57.7 Å². The summed E-state index contributed by atoms with van der Waals surface area (Å²) in [6.07, 6.45) is 4.51. The van der Waals surface area contributed by atoms with Crippen LogP contribution in [0.15, 0.2) is 72.8 Å². The summed E-state index contributed by atoms with van der Waals surface area (Å²) >= 11 is 12.4. The van der Waals surface area contributed by atoms with Crippen molar-refractivity contribution < 1.29 is 14.3 Å². The van der Waals surface area contributed by atoms with E-state index in [2.05, 4.69) is 5.32 Å². The molecule has 2 amide bonds. The van der Waals surface area contributed by atoms with Gasteiger partial charge in [0.2, 0.25) is 5.91 Å². The van der Waals surface area contributed by atoms with E-state index in [9.17, 15) is 9.59 Å². The smallest absolute Gasteiger partial charge is 0.261 e. The van der Waals surface area contributed by atoms with Crippen LogP contribution in [0.1, 0.15) is 42.4 Å². The maximum Gasteiger partial charge on any atom is 0.261 e. The van der Waals surface area contributed by atoms with Crippen molar-refractivity contribution in [1.29, 1.82) is 0 Å². The van der Waals surface area contributed by atoms with Gasteiger partial charge in [0.25, 0.3) is 5.91 Å². The summed E-state index contributed by atoms with van der Waals surface area (Å²) in [5.74, 6) is 0.164. The molecule has 0 bridgehead atoms. The number of amides is 2. The second-order valence-corrected chi connectivity index (χ2v) is 10.4. The van der Waals surface area contributed by atoms with Crippen molar-refractivity contribution in [2.24, 2.45) is 0 Å². The average molecular weight is 540 g/mol. The van der Waals surface area contributed by atoms with Crippen molar-refractivity contribution in [2.75, 3.05) is 6.61 Å². The van der Waals surface area contributed by atoms with Crippen molar-refractivity contribution >= 4 is 35.0 Å². The third-order valence-corrected chi connectivity index (χ3v) is 7.43. The van der Waals surface area contributed by atoms with Crippen LogP contribution in [-0.2, 0) is 22.6 Å². The Hall–Kier alpha value is -3.02. The van der Waals surface area contributed by atoms with Gasteiger partial charge in [-0.05, 0) is 55.2 Å². The molecule has 0 radical (unpaired) electrons. The first-order chi connectivity index (χ1) is 17.9. The summed E-state index contributed by atoms with van der Waals surface area (Å²) in [5, 5.41) is 4.04. The fourth-order valence-corrected chi connectivity index (χ4v) is 4.94. The van der Waals surface area contributed by atoms with Gasteiger partial charge in [-0.15, -0.1) is 0 Å². The van der Waals surface area contributed by atoms with E-state index in [4.69, 9.17) is 27.9 Å². The molecule has 4 rings (SSSR count). The van der Waals surface area contributed by atoms with Crippen LogP contribution in [0.2, 0.25) is 10.0 Å². The number of carbonyl (C=O) groups excluding carboxylic acids is 2. The van der Waals surface area contributed by atoms with Gasteiger partial charge in [0.15, 0.2) is 6.61 Å². The molecular formula is C30H32Cl2N2O3. The molecule has 0 saturated heterocycles. The summed E-state index contributed by atoms with van der Waals surface area (Å²) in [5.41, 5.74) is 2.86. The number of carbonyl (C=O) groups is 2. The Bertz CT molecular complexity index is 1200. The number of rotatable bonds is 10. The van der Waals surface area contributed by atoms with Crippen LogP contribution >= 0.6 is 23.2 Å². The number of aryl methyl sites for hydroxylation is 1. The zero-order valence-electron chi connectivity index (χ0n) is 21.0. The first kappa shape index (κ1) is 27.0. The number of nitrogens with one attached hydrogen (secondary N) is 1. The minimum atomic E-state index is -0.716. The second-order valence-electron chi connectivity index (χ2n) is 9.57. The molecular weight excluding hydrogens is 507 g/mol. The Labute approximate surface area is 228 Å². The van der Waals surface area contributed by atoms with Gasteiger partial charge in [-0.25, -0.2) is 0 Å². The summed E-state index contributed by atoms with van der Waals surface area (Å²) < 4.78 is 5.83. The normalized spacial score (nSPS) is 14.2. The molecule has 1 saturated carbocycles. The molecule has 0 heterocycles. The SMILES string of the molecule is Cc1ccc(OCC(=O)N(Cc2ccc(Cl)c(Cl)c2)[C@H](Cc2ccccc2)C(=O)NC2CCCC2)cc1. The van der Waals surface area contributed by atoms with Gasteiger partial charge in [0, 0.05) is 19.0 Å². The van der Waals surface area contributed by atoms with Gasteiger partial charge < -0.3 is 15.0 Å². The zero-order valence-corrected chi connectivity index (χ0v) is 22.5. The van der Waals surface area contributed by atoms with E-state index in [-0.39, 0.29) is 31.0 Å². The molecule has 0 spiro atoms. The molecule has 1 atom stereocenters. The molecule has 1 N–H and O–H groups in total. The van der Waals surface area contributed by atoms with Crippen LogP contribution in [0.5, 0.6) is 5.75 Å². The van der Waals surface area contributed by atoms with Gasteiger partial charge in [0.1, 0.15) is 11.8 Å². The van der Waals surface area contributed by atoms with Gasteiger partial charge in [0.05, 0.1) is 10.0 Å². The largest absolute Gasteiger partial charge is 0.484 e. The first-order valence-electron chi connectivity index (χ1n) is 12.7. The van der Waals surface area contributed by atoms with Gasteiger partial charge in [-0.3, -0.25) is 9.59 Å². The van der Waals surface area contributed by atoms with Crippen molar-refractivity contribution in [3.8, 4) is 5.75 Å². The fraction of sp³-hybridized carbons (Fsp3) is 0.333. The number of hydrogen-bond acceptors (Lipinski definition) is 3. The van der Waals surface area contributed by atoms with Crippen molar-refractivity contribution in [3.05, 3.63) is 99.5 Å². The van der Waals surface area contributed by atoms with Gasteiger partial charge in [-0.2, -0.15) is 0 Å². The van der Waals surface area contributed by atoms with E-state index in [0.29, 0.717) is 22.2 Å². The number of hydrogen-bond donors (Lipinski definition) is 1. The lowest BCUT2D eigenvalue weighted by Crippen LogP contribution is -2.53. The number of benzene rings is 3. The molecule has 1 fully saturated rings. The Morgan fingerprint density at radius 3 is 2.32 bits per heavy atom. The highest BCUT2D eigenvalue weighted by molar-refractivity contribution is 6.42. The molecule has 194 valence electrons. The highest BCUT2D eigenvalue weighted by atomic mass is 35.5. The minimum absolute atomic E-state index is 0.136. The highest BCUT2D eigenvalue weighted by Crippen LogP contribution is 2.25.